The summed E-state index contributed by atoms with van der Waals surface area (Å²) in [5, 5.41) is 16.0. The number of fused-ring (bicyclic) bond motifs is 2. The number of nitrogens with one attached hydrogen (secondary N) is 1. The second-order valence-electron chi connectivity index (χ2n) is 10.8. The molecule has 41 heavy (non-hydrogen) atoms. The summed E-state index contributed by atoms with van der Waals surface area (Å²) in [6, 6.07) is 14.7. The molecule has 6 rings (SSSR count). The van der Waals surface area contributed by atoms with Crippen molar-refractivity contribution in [3.8, 4) is 6.01 Å². The highest BCUT2D eigenvalue weighted by Gasteiger charge is 2.35. The lowest BCUT2D eigenvalue weighted by atomic mass is 10.0. The van der Waals surface area contributed by atoms with E-state index in [1.807, 2.05) is 0 Å². The second-order valence-corrected chi connectivity index (χ2v) is 10.8. The van der Waals surface area contributed by atoms with Crippen LogP contribution in [0.2, 0.25) is 0 Å². The van der Waals surface area contributed by atoms with Gasteiger partial charge in [0.15, 0.2) is 0 Å². The number of piperazine rings is 1. The predicted molar refractivity (Wildman–Crippen MR) is 158 cm³/mol. The van der Waals surface area contributed by atoms with E-state index in [0.717, 1.165) is 36.6 Å². The first-order valence-electron chi connectivity index (χ1n) is 14.2. The highest BCUT2D eigenvalue weighted by molar-refractivity contribution is 5.94. The average Bonchev–Trinajstić information content (AvgIpc) is 3.43. The molecular formula is C31H35N7O3. The van der Waals surface area contributed by atoms with Gasteiger partial charge >= 0.3 is 6.01 Å². The topological polar surface area (TPSA) is 98.4 Å². The van der Waals surface area contributed by atoms with Crippen molar-refractivity contribution in [1.29, 1.82) is 0 Å². The van der Waals surface area contributed by atoms with Crippen LogP contribution in [0.1, 0.15) is 17.7 Å². The van der Waals surface area contributed by atoms with Crippen LogP contribution in [0.25, 0.3) is 15.6 Å². The molecule has 3 aliphatic heterocycles. The molecule has 2 aromatic carbocycles. The van der Waals surface area contributed by atoms with Crippen LogP contribution in [-0.4, -0.2) is 89.9 Å². The van der Waals surface area contributed by atoms with Crippen molar-refractivity contribution < 1.29 is 14.6 Å². The van der Waals surface area contributed by atoms with Gasteiger partial charge in [-0.15, -0.1) is 0 Å². The fourth-order valence-corrected chi connectivity index (χ4v) is 6.21. The Morgan fingerprint density at radius 3 is 2.83 bits per heavy atom. The normalized spacial score (nSPS) is 22.3. The third-order valence-corrected chi connectivity index (χ3v) is 8.38. The molecule has 0 unspecified atom stereocenters. The summed E-state index contributed by atoms with van der Waals surface area (Å²) in [5.41, 5.74) is 3.16. The minimum absolute atomic E-state index is 0.152. The summed E-state index contributed by atoms with van der Waals surface area (Å²) in [7, 11) is 0. The van der Waals surface area contributed by atoms with E-state index in [2.05, 4.69) is 69.0 Å². The first-order chi connectivity index (χ1) is 20.1. The van der Waals surface area contributed by atoms with Crippen LogP contribution in [-0.2, 0) is 17.8 Å². The number of rotatable bonds is 7. The van der Waals surface area contributed by atoms with Crippen molar-refractivity contribution >= 4 is 28.2 Å². The number of hydrogen-bond acceptors (Lipinski definition) is 8. The van der Waals surface area contributed by atoms with Gasteiger partial charge in [-0.05, 0) is 36.9 Å². The number of anilines is 2. The predicted octanol–water partition coefficient (Wildman–Crippen LogP) is 2.42. The zero-order valence-electron chi connectivity index (χ0n) is 23.1. The van der Waals surface area contributed by atoms with Gasteiger partial charge in [0.25, 0.3) is 0 Å². The van der Waals surface area contributed by atoms with E-state index in [9.17, 15) is 9.90 Å². The van der Waals surface area contributed by atoms with E-state index in [1.54, 1.807) is 4.90 Å². The lowest BCUT2D eigenvalue weighted by Gasteiger charge is -2.41. The summed E-state index contributed by atoms with van der Waals surface area (Å²) in [5.74, 6) is 0.656. The molecule has 1 aromatic heterocycles. The number of aliphatic hydroxyl groups excluding tert-OH is 1. The fourth-order valence-electron chi connectivity index (χ4n) is 6.21. The fraction of sp³-hybridized carbons (Fsp3) is 0.419. The van der Waals surface area contributed by atoms with Gasteiger partial charge in [-0.3, -0.25) is 4.79 Å². The number of nitrogens with zero attached hydrogens (tertiary/aromatic N) is 6. The first-order valence-corrected chi connectivity index (χ1v) is 14.2. The molecule has 3 atom stereocenters. The van der Waals surface area contributed by atoms with Gasteiger partial charge < -0.3 is 34.7 Å². The summed E-state index contributed by atoms with van der Waals surface area (Å²) in [6.07, 6.45) is 2.31. The highest BCUT2D eigenvalue weighted by atomic mass is 16.5. The number of benzene rings is 2. The van der Waals surface area contributed by atoms with Crippen LogP contribution >= 0.6 is 0 Å². The zero-order valence-corrected chi connectivity index (χ0v) is 23.1. The van der Waals surface area contributed by atoms with Gasteiger partial charge in [0.2, 0.25) is 12.5 Å². The minimum atomic E-state index is -0.459. The molecule has 0 spiro atoms. The first kappa shape index (κ1) is 27.0. The van der Waals surface area contributed by atoms with Crippen molar-refractivity contribution in [3.05, 3.63) is 77.8 Å². The van der Waals surface area contributed by atoms with Gasteiger partial charge in [0, 0.05) is 42.8 Å². The average molecular weight is 554 g/mol. The maximum Gasteiger partial charge on any atom is 0.318 e. The van der Waals surface area contributed by atoms with E-state index >= 15 is 0 Å². The van der Waals surface area contributed by atoms with Crippen molar-refractivity contribution in [2.45, 2.75) is 37.6 Å². The Kier molecular flexibility index (Phi) is 7.72. The number of hydrogen-bond donors (Lipinski definition) is 2. The molecule has 2 N–H and O–H groups in total. The number of amides is 1. The Morgan fingerprint density at radius 2 is 2.02 bits per heavy atom. The number of aromatic nitrogens is 2. The van der Waals surface area contributed by atoms with E-state index < -0.39 is 6.10 Å². The van der Waals surface area contributed by atoms with Crippen molar-refractivity contribution in [2.75, 3.05) is 55.7 Å². The molecular weight excluding hydrogens is 518 g/mol. The Hall–Kier alpha value is -4.20. The van der Waals surface area contributed by atoms with Crippen LogP contribution in [0.4, 0.5) is 11.5 Å². The van der Waals surface area contributed by atoms with Gasteiger partial charge in [-0.1, -0.05) is 43.0 Å². The Bertz CT molecular complexity index is 1480. The maximum atomic E-state index is 12.5. The smallest absolute Gasteiger partial charge is 0.318 e. The molecule has 0 bridgehead atoms. The number of carbonyl (C=O) groups is 1. The molecule has 1 amide bonds. The number of ether oxygens (including phenoxy) is 1. The highest BCUT2D eigenvalue weighted by Crippen LogP contribution is 2.34. The van der Waals surface area contributed by atoms with Crippen LogP contribution in [0, 0.1) is 6.57 Å². The third kappa shape index (κ3) is 5.43. The largest absolute Gasteiger partial charge is 0.462 e. The molecule has 212 valence electrons. The van der Waals surface area contributed by atoms with E-state index in [0.29, 0.717) is 32.6 Å². The van der Waals surface area contributed by atoms with Crippen molar-refractivity contribution in [1.82, 2.24) is 20.2 Å². The molecule has 0 radical (unpaired) electrons. The lowest BCUT2D eigenvalue weighted by Crippen LogP contribution is -2.56. The molecule has 2 saturated heterocycles. The van der Waals surface area contributed by atoms with Crippen LogP contribution in [0.15, 0.2) is 55.1 Å². The van der Waals surface area contributed by atoms with Crippen LogP contribution in [0.5, 0.6) is 6.01 Å². The SMILES string of the molecule is [C-]#[N+]C[C@H]1CN(c2nc(OC[C@H]3NCC[C@@H]3O)nc3c2CCN(c2cccc4ccccc24)C3)CCN1C(=O)C=C. The second kappa shape index (κ2) is 11.7. The molecule has 10 nitrogen and oxygen atoms in total. The van der Waals surface area contributed by atoms with Gasteiger partial charge in [-0.2, -0.15) is 9.97 Å². The Labute approximate surface area is 240 Å². The van der Waals surface area contributed by atoms with E-state index in [4.69, 9.17) is 21.3 Å². The molecule has 2 fully saturated rings. The number of carbonyl (C=O) groups excluding carboxylic acids is 1. The van der Waals surface area contributed by atoms with Crippen molar-refractivity contribution in [3.63, 3.8) is 0 Å². The zero-order chi connectivity index (χ0) is 28.3. The van der Waals surface area contributed by atoms with Crippen molar-refractivity contribution in [2.24, 2.45) is 0 Å². The van der Waals surface area contributed by atoms with Gasteiger partial charge in [0.1, 0.15) is 18.5 Å². The van der Waals surface area contributed by atoms with Crippen LogP contribution < -0.4 is 19.9 Å². The summed E-state index contributed by atoms with van der Waals surface area (Å²) in [6.45, 7) is 15.3. The summed E-state index contributed by atoms with van der Waals surface area (Å²) in [4.78, 5) is 32.1. The van der Waals surface area contributed by atoms with E-state index in [1.165, 1.54) is 22.5 Å². The molecule has 3 aromatic rings. The molecule has 0 saturated carbocycles. The standard InChI is InChI=1S/C31H35N7O3/c1-3-29(40)38-16-15-37(18-22(38)17-32-2)30-24-12-14-36(27-10-6-8-21-7-4-5-9-23(21)27)19-25(24)34-31(35-30)41-20-26-28(39)11-13-33-26/h3-10,22,26,28,33,39H,1,11-20H2/t22-,26+,28-/m0/s1. The quantitative estimate of drug-likeness (QED) is 0.340. The van der Waals surface area contributed by atoms with E-state index in [-0.39, 0.29) is 37.2 Å². The summed E-state index contributed by atoms with van der Waals surface area (Å²) >= 11 is 0. The molecule has 0 aliphatic carbocycles. The molecule has 4 heterocycles. The summed E-state index contributed by atoms with van der Waals surface area (Å²) < 4.78 is 6.10. The van der Waals surface area contributed by atoms with Gasteiger partial charge in [-0.25, -0.2) is 6.57 Å². The Morgan fingerprint density at radius 1 is 1.17 bits per heavy atom. The minimum Gasteiger partial charge on any atom is -0.462 e. The molecule has 3 aliphatic rings. The monoisotopic (exact) mass is 553 g/mol. The Balaban J connectivity index is 1.33. The third-order valence-electron chi connectivity index (χ3n) is 8.38. The lowest BCUT2D eigenvalue weighted by molar-refractivity contribution is -0.128. The van der Waals surface area contributed by atoms with Gasteiger partial charge in [0.05, 0.1) is 24.4 Å². The molecule has 10 heteroatoms. The maximum absolute atomic E-state index is 12.5. The van der Waals surface area contributed by atoms with Crippen LogP contribution in [0.3, 0.4) is 0 Å². The number of aliphatic hydroxyl groups is 1.